The first-order chi connectivity index (χ1) is 8.96. The van der Waals surface area contributed by atoms with E-state index in [9.17, 15) is 18.0 Å². The van der Waals surface area contributed by atoms with Crippen molar-refractivity contribution in [3.05, 3.63) is 11.3 Å². The summed E-state index contributed by atoms with van der Waals surface area (Å²) in [4.78, 5) is 24.3. The lowest BCUT2D eigenvalue weighted by Crippen LogP contribution is -2.67. The summed E-state index contributed by atoms with van der Waals surface area (Å²) < 4.78 is 29.4. The van der Waals surface area contributed by atoms with Gasteiger partial charge in [0.1, 0.15) is 16.1 Å². The van der Waals surface area contributed by atoms with Gasteiger partial charge in [-0.15, -0.1) is 0 Å². The Morgan fingerprint density at radius 3 is 2.45 bits per heavy atom. The maximum absolute atomic E-state index is 12.2. The Labute approximate surface area is 126 Å². The Morgan fingerprint density at radius 1 is 1.40 bits per heavy atom. The highest BCUT2D eigenvalue weighted by atomic mass is 79.9. The van der Waals surface area contributed by atoms with Crippen molar-refractivity contribution in [2.45, 2.75) is 43.5 Å². The second-order valence-corrected chi connectivity index (χ2v) is 9.02. The molecule has 2 aliphatic heterocycles. The van der Waals surface area contributed by atoms with E-state index in [1.807, 2.05) is 0 Å². The quantitative estimate of drug-likeness (QED) is 0.392. The molecule has 2 atom stereocenters. The number of fused-ring (bicyclic) bond motifs is 1. The number of alkyl halides is 1. The molecule has 0 bridgehead atoms. The lowest BCUT2D eigenvalue weighted by Gasteiger charge is -2.47. The Hall–Kier alpha value is -0.890. The van der Waals surface area contributed by atoms with Gasteiger partial charge < -0.3 is 4.74 Å². The molecule has 2 heterocycles. The van der Waals surface area contributed by atoms with Crippen LogP contribution in [0.15, 0.2) is 11.3 Å². The van der Waals surface area contributed by atoms with Gasteiger partial charge in [-0.1, -0.05) is 15.9 Å². The minimum absolute atomic E-state index is 0.0560. The van der Waals surface area contributed by atoms with Crippen LogP contribution in [0.2, 0.25) is 0 Å². The van der Waals surface area contributed by atoms with Crippen LogP contribution in [0, 0.1) is 0 Å². The topological polar surface area (TPSA) is 80.8 Å². The molecule has 0 aliphatic carbocycles. The second kappa shape index (κ2) is 4.56. The van der Waals surface area contributed by atoms with Crippen LogP contribution >= 0.6 is 15.9 Å². The number of amides is 1. The normalized spacial score (nSPS) is 28.9. The SMILES string of the molecule is CC1=C(C(=O)OC(C)(C)C)N2C(=O)[C@H](Br)[C@H]2S(=O)(=O)C1. The fourth-order valence-corrected chi connectivity index (χ4v) is 5.63. The van der Waals surface area contributed by atoms with Crippen LogP contribution in [-0.4, -0.2) is 46.7 Å². The van der Waals surface area contributed by atoms with Crippen molar-refractivity contribution in [3.63, 3.8) is 0 Å². The van der Waals surface area contributed by atoms with Gasteiger partial charge >= 0.3 is 5.97 Å². The van der Waals surface area contributed by atoms with Crippen LogP contribution < -0.4 is 0 Å². The third-order valence-electron chi connectivity index (χ3n) is 3.00. The molecule has 1 fully saturated rings. The fraction of sp³-hybridized carbons (Fsp3) is 0.667. The third kappa shape index (κ3) is 2.39. The zero-order chi connectivity index (χ0) is 15.5. The highest BCUT2D eigenvalue weighted by Crippen LogP contribution is 2.40. The fourth-order valence-electron chi connectivity index (χ4n) is 2.27. The highest BCUT2D eigenvalue weighted by molar-refractivity contribution is 9.10. The van der Waals surface area contributed by atoms with Gasteiger partial charge in [-0.2, -0.15) is 0 Å². The van der Waals surface area contributed by atoms with E-state index in [1.165, 1.54) is 6.92 Å². The molecule has 0 aromatic carbocycles. The molecule has 8 heteroatoms. The Morgan fingerprint density at radius 2 is 1.95 bits per heavy atom. The van der Waals surface area contributed by atoms with Gasteiger partial charge in [0.25, 0.3) is 0 Å². The summed E-state index contributed by atoms with van der Waals surface area (Å²) in [6.07, 6.45) is 0. The molecule has 6 nitrogen and oxygen atoms in total. The second-order valence-electron chi connectivity index (χ2n) is 5.94. The monoisotopic (exact) mass is 365 g/mol. The lowest BCUT2D eigenvalue weighted by molar-refractivity contribution is -0.156. The Bertz CT molecular complexity index is 616. The van der Waals surface area contributed by atoms with Gasteiger partial charge in [0.15, 0.2) is 15.2 Å². The molecular weight excluding hydrogens is 350 g/mol. The van der Waals surface area contributed by atoms with E-state index in [0.29, 0.717) is 5.57 Å². The van der Waals surface area contributed by atoms with Crippen molar-refractivity contribution in [1.82, 2.24) is 4.90 Å². The molecule has 112 valence electrons. The first kappa shape index (κ1) is 15.5. The number of hydrogen-bond acceptors (Lipinski definition) is 5. The molecule has 0 aromatic rings. The summed E-state index contributed by atoms with van der Waals surface area (Å²) in [7, 11) is -3.47. The van der Waals surface area contributed by atoms with E-state index in [4.69, 9.17) is 4.74 Å². The molecular formula is C12H16BrNO5S. The van der Waals surface area contributed by atoms with E-state index in [2.05, 4.69) is 15.9 Å². The molecule has 20 heavy (non-hydrogen) atoms. The summed E-state index contributed by atoms with van der Waals surface area (Å²) in [5.41, 5.74) is -0.318. The van der Waals surface area contributed by atoms with Crippen LogP contribution in [0.25, 0.3) is 0 Å². The standard InChI is InChI=1S/C12H16BrNO5S/c1-6-5-20(17,18)10-7(13)9(15)14(10)8(6)11(16)19-12(2,3)4/h7,10H,5H2,1-4H3/t7-,10+/m0/s1. The highest BCUT2D eigenvalue weighted by Gasteiger charge is 2.58. The summed E-state index contributed by atoms with van der Waals surface area (Å²) in [6.45, 7) is 6.66. The molecule has 2 aliphatic rings. The Balaban J connectivity index is 2.42. The first-order valence-electron chi connectivity index (χ1n) is 6.07. The van der Waals surface area contributed by atoms with Crippen LogP contribution in [0.1, 0.15) is 27.7 Å². The largest absolute Gasteiger partial charge is 0.455 e. The van der Waals surface area contributed by atoms with E-state index >= 15 is 0 Å². The molecule has 1 amide bonds. The van der Waals surface area contributed by atoms with E-state index in [1.54, 1.807) is 20.8 Å². The van der Waals surface area contributed by atoms with Crippen molar-refractivity contribution in [2.75, 3.05) is 5.75 Å². The molecule has 0 N–H and O–H groups in total. The van der Waals surface area contributed by atoms with E-state index in [-0.39, 0.29) is 11.4 Å². The minimum Gasteiger partial charge on any atom is -0.455 e. The maximum Gasteiger partial charge on any atom is 0.355 e. The molecule has 1 saturated heterocycles. The maximum atomic E-state index is 12.2. The number of halogens is 1. The number of nitrogens with zero attached hydrogens (tertiary/aromatic N) is 1. The van der Waals surface area contributed by atoms with Crippen LogP contribution in [0.5, 0.6) is 0 Å². The zero-order valence-corrected chi connectivity index (χ0v) is 14.0. The number of sulfone groups is 1. The van der Waals surface area contributed by atoms with Gasteiger partial charge in [-0.3, -0.25) is 9.69 Å². The summed E-state index contributed by atoms with van der Waals surface area (Å²) in [5, 5.41) is -1.01. The molecule has 0 aromatic heterocycles. The first-order valence-corrected chi connectivity index (χ1v) is 8.70. The van der Waals surface area contributed by atoms with Crippen molar-refractivity contribution in [1.29, 1.82) is 0 Å². The van der Waals surface area contributed by atoms with E-state index in [0.717, 1.165) is 4.90 Å². The minimum atomic E-state index is -3.47. The van der Waals surface area contributed by atoms with Crippen molar-refractivity contribution < 1.29 is 22.7 Å². The summed E-state index contributed by atoms with van der Waals surface area (Å²) in [6, 6.07) is 0. The summed E-state index contributed by atoms with van der Waals surface area (Å²) in [5.74, 6) is -1.33. The molecule has 0 unspecified atom stereocenters. The third-order valence-corrected chi connectivity index (χ3v) is 6.30. The Kier molecular flexibility index (Phi) is 3.53. The number of esters is 1. The molecule has 2 rings (SSSR count). The zero-order valence-electron chi connectivity index (χ0n) is 11.6. The van der Waals surface area contributed by atoms with Gasteiger partial charge in [-0.25, -0.2) is 13.2 Å². The van der Waals surface area contributed by atoms with Gasteiger partial charge in [-0.05, 0) is 33.3 Å². The number of carbonyl (C=O) groups excluding carboxylic acids is 2. The number of ether oxygens (including phenoxy) is 1. The average molecular weight is 366 g/mol. The van der Waals surface area contributed by atoms with Crippen molar-refractivity contribution >= 4 is 37.6 Å². The molecule has 0 radical (unpaired) electrons. The summed E-state index contributed by atoms with van der Waals surface area (Å²) >= 11 is 3.06. The van der Waals surface area contributed by atoms with Gasteiger partial charge in [0.05, 0.1) is 5.75 Å². The smallest absolute Gasteiger partial charge is 0.355 e. The van der Waals surface area contributed by atoms with E-state index < -0.39 is 37.5 Å². The number of carbonyl (C=O) groups is 2. The molecule has 0 spiro atoms. The van der Waals surface area contributed by atoms with Gasteiger partial charge in [0.2, 0.25) is 5.91 Å². The van der Waals surface area contributed by atoms with Crippen LogP contribution in [-0.2, 0) is 24.2 Å². The van der Waals surface area contributed by atoms with Gasteiger partial charge in [0, 0.05) is 0 Å². The van der Waals surface area contributed by atoms with Crippen molar-refractivity contribution in [3.8, 4) is 0 Å². The van der Waals surface area contributed by atoms with Crippen LogP contribution in [0.4, 0.5) is 0 Å². The van der Waals surface area contributed by atoms with Crippen LogP contribution in [0.3, 0.4) is 0 Å². The average Bonchev–Trinajstić information content (AvgIpc) is 2.23. The predicted octanol–water partition coefficient (Wildman–Crippen LogP) is 0.962. The number of hydrogen-bond donors (Lipinski definition) is 0. The number of rotatable bonds is 1. The predicted molar refractivity (Wildman–Crippen MR) is 75.7 cm³/mol. The molecule has 0 saturated carbocycles. The van der Waals surface area contributed by atoms with Crippen molar-refractivity contribution in [2.24, 2.45) is 0 Å². The lowest BCUT2D eigenvalue weighted by atomic mass is 10.1. The number of β-lactam (4-membered cyclic amide) rings is 1.